The Morgan fingerprint density at radius 1 is 1.18 bits per heavy atom. The second-order valence-corrected chi connectivity index (χ2v) is 6.40. The van der Waals surface area contributed by atoms with Crippen LogP contribution in [-0.2, 0) is 25.5 Å². The average Bonchev–Trinajstić information content (AvgIpc) is 2.65. The van der Waals surface area contributed by atoms with Crippen LogP contribution in [0.25, 0.3) is 0 Å². The number of guanidine groups is 1. The molecule has 2 unspecified atom stereocenters. The molecule has 0 spiro atoms. The third kappa shape index (κ3) is 8.07. The van der Waals surface area contributed by atoms with Gasteiger partial charge in [0.15, 0.2) is 0 Å². The molecule has 0 aromatic heterocycles. The van der Waals surface area contributed by atoms with Gasteiger partial charge >= 0.3 is 18.0 Å². The van der Waals surface area contributed by atoms with E-state index in [9.17, 15) is 14.4 Å². The Labute approximate surface area is 164 Å². The first-order valence-corrected chi connectivity index (χ1v) is 8.92. The molecule has 0 radical (unpaired) electrons. The number of nitrogens with one attached hydrogen (secondary N) is 2. The average molecular weight is 393 g/mol. The van der Waals surface area contributed by atoms with Crippen LogP contribution in [0, 0.1) is 11.3 Å². The highest BCUT2D eigenvalue weighted by Crippen LogP contribution is 2.04. The lowest BCUT2D eigenvalue weighted by atomic mass is 10.1. The van der Waals surface area contributed by atoms with Gasteiger partial charge in [0.1, 0.15) is 6.04 Å². The van der Waals surface area contributed by atoms with Crippen LogP contribution in [-0.4, -0.2) is 60.3 Å². The lowest BCUT2D eigenvalue weighted by Crippen LogP contribution is -2.49. The lowest BCUT2D eigenvalue weighted by Gasteiger charge is -2.25. The molecule has 0 fully saturated rings. The molecule has 0 aliphatic carbocycles. The number of rotatable bonds is 9. The molecule has 28 heavy (non-hydrogen) atoms. The monoisotopic (exact) mass is 393 g/mol. The third-order valence-corrected chi connectivity index (χ3v) is 3.93. The number of esters is 1. The Morgan fingerprint density at radius 3 is 2.36 bits per heavy atom. The van der Waals surface area contributed by atoms with E-state index in [0.29, 0.717) is 0 Å². The molecule has 0 saturated heterocycles. The number of likely N-dealkylation sites (N-methyl/N-ethyl adjacent to an activating group) is 1. The number of carboxylic acid groups (broad SMARTS) is 1. The van der Waals surface area contributed by atoms with E-state index in [1.165, 1.54) is 7.05 Å². The second-order valence-electron chi connectivity index (χ2n) is 6.40. The maximum Gasteiger partial charge on any atom is 0.413 e. The summed E-state index contributed by atoms with van der Waals surface area (Å²) >= 11 is 0. The summed E-state index contributed by atoms with van der Waals surface area (Å²) in [6.45, 7) is 3.49. The fourth-order valence-corrected chi connectivity index (χ4v) is 2.31. The van der Waals surface area contributed by atoms with Crippen LogP contribution < -0.4 is 5.32 Å². The number of hydrogen-bond acceptors (Lipinski definition) is 6. The summed E-state index contributed by atoms with van der Waals surface area (Å²) < 4.78 is 10.2. The van der Waals surface area contributed by atoms with E-state index >= 15 is 0 Å². The van der Waals surface area contributed by atoms with Crippen molar-refractivity contribution in [3.8, 4) is 0 Å². The van der Waals surface area contributed by atoms with Crippen molar-refractivity contribution in [1.29, 1.82) is 5.41 Å². The van der Waals surface area contributed by atoms with E-state index in [1.54, 1.807) is 13.8 Å². The number of aliphatic carboxylic acids is 1. The minimum Gasteiger partial charge on any atom is -0.480 e. The first kappa shape index (κ1) is 22.9. The molecule has 0 heterocycles. The Bertz CT molecular complexity index is 680. The minimum atomic E-state index is -1.09. The van der Waals surface area contributed by atoms with Gasteiger partial charge in [-0.25, -0.2) is 9.59 Å². The maximum atomic E-state index is 11.8. The largest absolute Gasteiger partial charge is 0.480 e. The summed E-state index contributed by atoms with van der Waals surface area (Å²) in [5.41, 5.74) is 0.852. The van der Waals surface area contributed by atoms with Gasteiger partial charge in [0, 0.05) is 13.0 Å². The molecule has 2 atom stereocenters. The van der Waals surface area contributed by atoms with E-state index in [-0.39, 0.29) is 43.9 Å². The molecule has 9 heteroatoms. The smallest absolute Gasteiger partial charge is 0.413 e. The van der Waals surface area contributed by atoms with E-state index in [2.05, 4.69) is 5.32 Å². The number of ether oxygens (including phenoxy) is 2. The van der Waals surface area contributed by atoms with Gasteiger partial charge in [-0.3, -0.25) is 15.5 Å². The van der Waals surface area contributed by atoms with Crippen molar-refractivity contribution in [3.05, 3.63) is 35.9 Å². The summed E-state index contributed by atoms with van der Waals surface area (Å²) in [4.78, 5) is 35.8. The lowest BCUT2D eigenvalue weighted by molar-refractivity contribution is -0.144. The van der Waals surface area contributed by atoms with Crippen LogP contribution in [0.2, 0.25) is 0 Å². The number of carbonyl (C=O) groups is 3. The topological polar surface area (TPSA) is 129 Å². The number of alkyl carbamates (subject to hydrolysis) is 1. The highest BCUT2D eigenvalue weighted by molar-refractivity contribution is 5.94. The van der Waals surface area contributed by atoms with Crippen LogP contribution in [0.1, 0.15) is 25.8 Å². The van der Waals surface area contributed by atoms with Crippen LogP contribution in [0.5, 0.6) is 0 Å². The summed E-state index contributed by atoms with van der Waals surface area (Å²) in [5, 5.41) is 19.0. The van der Waals surface area contributed by atoms with Crippen molar-refractivity contribution < 1.29 is 29.0 Å². The molecule has 0 saturated carbocycles. The first-order chi connectivity index (χ1) is 13.2. The van der Waals surface area contributed by atoms with E-state index in [4.69, 9.17) is 20.0 Å². The molecule has 1 rings (SSSR count). The minimum absolute atomic E-state index is 0.0163. The zero-order valence-corrected chi connectivity index (χ0v) is 16.3. The number of carbonyl (C=O) groups excluding carboxylic acids is 2. The molecule has 1 aromatic carbocycles. The van der Waals surface area contributed by atoms with Crippen molar-refractivity contribution in [1.82, 2.24) is 10.2 Å². The Kier molecular flexibility index (Phi) is 9.49. The first-order valence-electron chi connectivity index (χ1n) is 8.92. The van der Waals surface area contributed by atoms with Crippen molar-refractivity contribution in [2.75, 3.05) is 20.3 Å². The van der Waals surface area contributed by atoms with Crippen molar-refractivity contribution in [3.63, 3.8) is 0 Å². The summed E-state index contributed by atoms with van der Waals surface area (Å²) in [5.74, 6) is -2.07. The Morgan fingerprint density at radius 2 is 1.79 bits per heavy atom. The molecule has 9 nitrogen and oxygen atoms in total. The van der Waals surface area contributed by atoms with Crippen molar-refractivity contribution >= 4 is 24.0 Å². The van der Waals surface area contributed by atoms with Gasteiger partial charge in [0.05, 0.1) is 19.6 Å². The standard InChI is InChI=1S/C19H27N3O6/c1-4-15(17(24)25)22(3)18(20)21-19(26)28-12-13(2)11-27-16(23)10-14-8-6-5-7-9-14/h5-9,13,15H,4,10-12H2,1-3H3,(H,24,25)(H2,20,21,26). The van der Waals surface area contributed by atoms with E-state index in [1.807, 2.05) is 30.3 Å². The summed E-state index contributed by atoms with van der Waals surface area (Å²) in [6, 6.07) is 8.28. The third-order valence-electron chi connectivity index (χ3n) is 3.93. The van der Waals surface area contributed by atoms with Gasteiger partial charge in [-0.1, -0.05) is 44.2 Å². The van der Waals surface area contributed by atoms with Gasteiger partial charge in [0.2, 0.25) is 5.96 Å². The van der Waals surface area contributed by atoms with Gasteiger partial charge in [-0.15, -0.1) is 0 Å². The number of nitrogens with zero attached hydrogens (tertiary/aromatic N) is 1. The fourth-order valence-electron chi connectivity index (χ4n) is 2.31. The van der Waals surface area contributed by atoms with E-state index in [0.717, 1.165) is 10.5 Å². The second kappa shape index (κ2) is 11.6. The van der Waals surface area contributed by atoms with Crippen molar-refractivity contribution in [2.45, 2.75) is 32.7 Å². The van der Waals surface area contributed by atoms with Crippen LogP contribution >= 0.6 is 0 Å². The molecular formula is C19H27N3O6. The van der Waals surface area contributed by atoms with Crippen molar-refractivity contribution in [2.24, 2.45) is 5.92 Å². The molecule has 3 N–H and O–H groups in total. The SMILES string of the molecule is CCC(C(=O)O)N(C)C(=N)NC(=O)OCC(C)COC(=O)Cc1ccccc1. The van der Waals surface area contributed by atoms with Gasteiger partial charge in [-0.2, -0.15) is 0 Å². The number of benzene rings is 1. The molecule has 1 amide bonds. The zero-order valence-electron chi connectivity index (χ0n) is 16.3. The summed E-state index contributed by atoms with van der Waals surface area (Å²) in [6.07, 6.45) is -0.434. The number of carboxylic acids is 1. The Balaban J connectivity index is 2.31. The van der Waals surface area contributed by atoms with Gasteiger partial charge in [-0.05, 0) is 12.0 Å². The quantitative estimate of drug-likeness (QED) is 0.332. The van der Waals surface area contributed by atoms with Gasteiger partial charge < -0.3 is 19.5 Å². The fraction of sp³-hybridized carbons (Fsp3) is 0.474. The molecule has 154 valence electrons. The summed E-state index contributed by atoms with van der Waals surface area (Å²) in [7, 11) is 1.40. The zero-order chi connectivity index (χ0) is 21.1. The molecule has 1 aromatic rings. The van der Waals surface area contributed by atoms with E-state index < -0.39 is 18.1 Å². The number of hydrogen-bond donors (Lipinski definition) is 3. The van der Waals surface area contributed by atoms with Crippen LogP contribution in [0.15, 0.2) is 30.3 Å². The molecule has 0 bridgehead atoms. The molecule has 0 aliphatic heterocycles. The molecule has 0 aliphatic rings. The van der Waals surface area contributed by atoms with Crippen LogP contribution in [0.3, 0.4) is 0 Å². The molecular weight excluding hydrogens is 366 g/mol. The van der Waals surface area contributed by atoms with Gasteiger partial charge in [0.25, 0.3) is 0 Å². The highest BCUT2D eigenvalue weighted by atomic mass is 16.6. The normalized spacial score (nSPS) is 12.4. The number of amides is 1. The van der Waals surface area contributed by atoms with Crippen LogP contribution in [0.4, 0.5) is 4.79 Å². The predicted octanol–water partition coefficient (Wildman–Crippen LogP) is 1.86. The predicted molar refractivity (Wildman–Crippen MR) is 102 cm³/mol. The highest BCUT2D eigenvalue weighted by Gasteiger charge is 2.24. The Hall–Kier alpha value is -3.10. The maximum absolute atomic E-state index is 11.8.